The maximum Gasteiger partial charge on any atom is 0.342 e. The number of carbonyl (C=O) groups is 1. The molecule has 0 aliphatic carbocycles. The first-order valence-electron chi connectivity index (χ1n) is 8.89. The third-order valence-corrected chi connectivity index (χ3v) is 4.17. The number of ether oxygens (including phenoxy) is 2. The number of nitrogens with zero attached hydrogens (tertiary/aromatic N) is 2. The van der Waals surface area contributed by atoms with Crippen LogP contribution in [-0.2, 0) is 11.3 Å². The SMILES string of the molecule is CCN(CC)CCOc1cc([N+](=O)[O-])ccc1C(=O)OCc1ccccc1. The van der Waals surface area contributed by atoms with E-state index in [0.29, 0.717) is 13.2 Å². The largest absolute Gasteiger partial charge is 0.491 e. The minimum Gasteiger partial charge on any atom is -0.491 e. The van der Waals surface area contributed by atoms with Gasteiger partial charge in [-0.05, 0) is 24.7 Å². The van der Waals surface area contributed by atoms with Crippen LogP contribution in [0.15, 0.2) is 48.5 Å². The highest BCUT2D eigenvalue weighted by Crippen LogP contribution is 2.26. The Labute approximate surface area is 158 Å². The van der Waals surface area contributed by atoms with Crippen molar-refractivity contribution in [1.29, 1.82) is 0 Å². The van der Waals surface area contributed by atoms with E-state index in [9.17, 15) is 14.9 Å². The van der Waals surface area contributed by atoms with Gasteiger partial charge >= 0.3 is 5.97 Å². The van der Waals surface area contributed by atoms with E-state index in [1.54, 1.807) is 0 Å². The Hall–Kier alpha value is -2.93. The second-order valence-corrected chi connectivity index (χ2v) is 5.87. The minimum absolute atomic E-state index is 0.121. The highest BCUT2D eigenvalue weighted by Gasteiger charge is 2.19. The number of esters is 1. The lowest BCUT2D eigenvalue weighted by molar-refractivity contribution is -0.384. The minimum atomic E-state index is -0.577. The molecule has 0 spiro atoms. The molecule has 0 aliphatic heterocycles. The molecule has 2 aromatic rings. The fourth-order valence-corrected chi connectivity index (χ4v) is 2.54. The van der Waals surface area contributed by atoms with Gasteiger partial charge in [0.1, 0.15) is 24.5 Å². The van der Waals surface area contributed by atoms with Crippen LogP contribution in [0.2, 0.25) is 0 Å². The number of hydrogen-bond donors (Lipinski definition) is 0. The van der Waals surface area contributed by atoms with Crippen molar-refractivity contribution in [3.63, 3.8) is 0 Å². The number of benzene rings is 2. The first-order chi connectivity index (χ1) is 13.0. The van der Waals surface area contributed by atoms with Gasteiger partial charge in [0, 0.05) is 12.6 Å². The quantitative estimate of drug-likeness (QED) is 0.359. The fraction of sp³-hybridized carbons (Fsp3) is 0.350. The van der Waals surface area contributed by atoms with Gasteiger partial charge in [-0.1, -0.05) is 44.2 Å². The predicted octanol–water partition coefficient (Wildman–Crippen LogP) is 3.67. The maximum atomic E-state index is 12.4. The second kappa shape index (κ2) is 10.3. The molecule has 2 rings (SSSR count). The van der Waals surface area contributed by atoms with Gasteiger partial charge in [0.05, 0.1) is 11.0 Å². The van der Waals surface area contributed by atoms with Crippen molar-refractivity contribution in [3.8, 4) is 5.75 Å². The Balaban J connectivity index is 2.10. The van der Waals surface area contributed by atoms with Gasteiger partial charge in [0.25, 0.3) is 5.69 Å². The molecule has 0 saturated heterocycles. The van der Waals surface area contributed by atoms with E-state index in [-0.39, 0.29) is 23.6 Å². The van der Waals surface area contributed by atoms with Crippen LogP contribution in [0.5, 0.6) is 5.75 Å². The third kappa shape index (κ3) is 6.07. The van der Waals surface area contributed by atoms with E-state index < -0.39 is 10.9 Å². The van der Waals surface area contributed by atoms with Crippen molar-refractivity contribution >= 4 is 11.7 Å². The molecule has 0 saturated carbocycles. The average molecular weight is 372 g/mol. The van der Waals surface area contributed by atoms with Crippen LogP contribution < -0.4 is 4.74 Å². The topological polar surface area (TPSA) is 81.9 Å². The number of likely N-dealkylation sites (N-methyl/N-ethyl adjacent to an activating group) is 1. The number of nitro benzene ring substituents is 1. The first kappa shape index (κ1) is 20.4. The van der Waals surface area contributed by atoms with Crippen LogP contribution in [0.1, 0.15) is 29.8 Å². The van der Waals surface area contributed by atoms with Gasteiger partial charge in [-0.25, -0.2) is 4.79 Å². The number of hydrogen-bond acceptors (Lipinski definition) is 6. The Bertz CT molecular complexity index is 760. The highest BCUT2D eigenvalue weighted by molar-refractivity contribution is 5.93. The Morgan fingerprint density at radius 3 is 2.44 bits per heavy atom. The molecule has 0 unspecified atom stereocenters. The zero-order valence-electron chi connectivity index (χ0n) is 15.6. The lowest BCUT2D eigenvalue weighted by atomic mass is 10.2. The number of carbonyl (C=O) groups excluding carboxylic acids is 1. The van der Waals surface area contributed by atoms with E-state index in [2.05, 4.69) is 4.90 Å². The molecule has 0 aromatic heterocycles. The van der Waals surface area contributed by atoms with Crippen molar-refractivity contribution < 1.29 is 19.2 Å². The van der Waals surface area contributed by atoms with E-state index in [0.717, 1.165) is 18.7 Å². The standard InChI is InChI=1S/C20H24N2O5/c1-3-21(4-2)12-13-26-19-14-17(22(24)25)10-11-18(19)20(23)27-15-16-8-6-5-7-9-16/h5-11,14H,3-4,12-13,15H2,1-2H3. The molecule has 0 amide bonds. The molecule has 0 N–H and O–H groups in total. The predicted molar refractivity (Wildman–Crippen MR) is 102 cm³/mol. The molecule has 7 nitrogen and oxygen atoms in total. The Morgan fingerprint density at radius 1 is 1.11 bits per heavy atom. The van der Waals surface area contributed by atoms with Crippen molar-refractivity contribution in [2.75, 3.05) is 26.2 Å². The van der Waals surface area contributed by atoms with Crippen LogP contribution in [0.4, 0.5) is 5.69 Å². The third-order valence-electron chi connectivity index (χ3n) is 4.17. The smallest absolute Gasteiger partial charge is 0.342 e. The molecule has 0 atom stereocenters. The summed E-state index contributed by atoms with van der Waals surface area (Å²) in [5.41, 5.74) is 0.903. The van der Waals surface area contributed by atoms with Gasteiger partial charge in [0.15, 0.2) is 0 Å². The molecule has 0 fully saturated rings. The summed E-state index contributed by atoms with van der Waals surface area (Å²) >= 11 is 0. The average Bonchev–Trinajstić information content (AvgIpc) is 2.70. The summed E-state index contributed by atoms with van der Waals surface area (Å²) in [6, 6.07) is 13.2. The summed E-state index contributed by atoms with van der Waals surface area (Å²) in [6.07, 6.45) is 0. The molecular formula is C20H24N2O5. The van der Waals surface area contributed by atoms with E-state index >= 15 is 0 Å². The summed E-state index contributed by atoms with van der Waals surface area (Å²) in [5.74, 6) is -0.416. The van der Waals surface area contributed by atoms with Gasteiger partial charge in [-0.3, -0.25) is 10.1 Å². The van der Waals surface area contributed by atoms with Crippen LogP contribution >= 0.6 is 0 Å². The zero-order valence-corrected chi connectivity index (χ0v) is 15.6. The Kier molecular flexibility index (Phi) is 7.76. The lowest BCUT2D eigenvalue weighted by Gasteiger charge is -2.18. The molecule has 27 heavy (non-hydrogen) atoms. The molecule has 0 heterocycles. The van der Waals surface area contributed by atoms with Crippen molar-refractivity contribution in [3.05, 3.63) is 69.8 Å². The summed E-state index contributed by atoms with van der Waals surface area (Å²) in [4.78, 5) is 25.1. The summed E-state index contributed by atoms with van der Waals surface area (Å²) in [6.45, 7) is 6.94. The van der Waals surface area contributed by atoms with Gasteiger partial charge in [-0.15, -0.1) is 0 Å². The molecular weight excluding hydrogens is 348 g/mol. The fourth-order valence-electron chi connectivity index (χ4n) is 2.54. The number of rotatable bonds is 10. The number of non-ortho nitro benzene ring substituents is 1. The monoisotopic (exact) mass is 372 g/mol. The van der Waals surface area contributed by atoms with Crippen LogP contribution in [-0.4, -0.2) is 42.0 Å². The maximum absolute atomic E-state index is 12.4. The molecule has 0 radical (unpaired) electrons. The number of nitro groups is 1. The molecule has 144 valence electrons. The molecule has 2 aromatic carbocycles. The van der Waals surface area contributed by atoms with Crippen LogP contribution in [0.25, 0.3) is 0 Å². The van der Waals surface area contributed by atoms with Gasteiger partial charge in [-0.2, -0.15) is 0 Å². The van der Waals surface area contributed by atoms with E-state index in [4.69, 9.17) is 9.47 Å². The highest BCUT2D eigenvalue weighted by atomic mass is 16.6. The van der Waals surface area contributed by atoms with Crippen molar-refractivity contribution in [2.24, 2.45) is 0 Å². The second-order valence-electron chi connectivity index (χ2n) is 5.87. The normalized spacial score (nSPS) is 10.6. The zero-order chi connectivity index (χ0) is 19.6. The molecule has 0 bridgehead atoms. The first-order valence-corrected chi connectivity index (χ1v) is 8.89. The van der Waals surface area contributed by atoms with Gasteiger partial charge in [0.2, 0.25) is 0 Å². The van der Waals surface area contributed by atoms with E-state index in [1.165, 1.54) is 18.2 Å². The lowest BCUT2D eigenvalue weighted by Crippen LogP contribution is -2.28. The summed E-state index contributed by atoms with van der Waals surface area (Å²) < 4.78 is 11.0. The molecule has 0 aliphatic rings. The molecule has 7 heteroatoms. The van der Waals surface area contributed by atoms with Crippen molar-refractivity contribution in [1.82, 2.24) is 4.90 Å². The summed E-state index contributed by atoms with van der Waals surface area (Å²) in [5, 5.41) is 11.0. The van der Waals surface area contributed by atoms with Crippen LogP contribution in [0, 0.1) is 10.1 Å². The van der Waals surface area contributed by atoms with Crippen LogP contribution in [0.3, 0.4) is 0 Å². The van der Waals surface area contributed by atoms with Crippen molar-refractivity contribution in [2.45, 2.75) is 20.5 Å². The van der Waals surface area contributed by atoms with Gasteiger partial charge < -0.3 is 14.4 Å². The van der Waals surface area contributed by atoms with E-state index in [1.807, 2.05) is 44.2 Å². The Morgan fingerprint density at radius 2 is 1.81 bits per heavy atom. The summed E-state index contributed by atoms with van der Waals surface area (Å²) in [7, 11) is 0.